The molecule has 0 radical (unpaired) electrons. The van der Waals surface area contributed by atoms with Crippen LogP contribution in [-0.4, -0.2) is 17.6 Å². The third kappa shape index (κ3) is 4.39. The topological polar surface area (TPSA) is 71.3 Å². The van der Waals surface area contributed by atoms with Crippen molar-refractivity contribution in [2.45, 2.75) is 25.7 Å². The molecule has 0 saturated heterocycles. The number of benzene rings is 1. The Morgan fingerprint density at radius 3 is 2.36 bits per heavy atom. The molecule has 22 heavy (non-hydrogen) atoms. The summed E-state index contributed by atoms with van der Waals surface area (Å²) in [7, 11) is 0. The maximum absolute atomic E-state index is 11.9. The van der Waals surface area contributed by atoms with Crippen molar-refractivity contribution in [2.24, 2.45) is 0 Å². The van der Waals surface area contributed by atoms with Crippen molar-refractivity contribution in [3.63, 3.8) is 0 Å². The third-order valence-corrected chi connectivity index (χ3v) is 4.00. The lowest BCUT2D eigenvalue weighted by atomic mass is 10.2. The van der Waals surface area contributed by atoms with Crippen LogP contribution in [0.1, 0.15) is 27.4 Å². The summed E-state index contributed by atoms with van der Waals surface area (Å²) < 4.78 is 5.28. The Morgan fingerprint density at radius 1 is 1.09 bits per heavy atom. The molecule has 0 aliphatic heterocycles. The molecule has 1 heterocycles. The van der Waals surface area contributed by atoms with Gasteiger partial charge in [-0.05, 0) is 39.0 Å². The van der Waals surface area contributed by atoms with Gasteiger partial charge in [0, 0.05) is 4.90 Å². The highest BCUT2D eigenvalue weighted by Gasteiger charge is 2.14. The van der Waals surface area contributed by atoms with Gasteiger partial charge in [-0.2, -0.15) is 0 Å². The Hall–Kier alpha value is -2.21. The van der Waals surface area contributed by atoms with Gasteiger partial charge < -0.3 is 4.42 Å². The Kier molecular flexibility index (Phi) is 5.27. The van der Waals surface area contributed by atoms with Gasteiger partial charge in [0.05, 0.1) is 11.3 Å². The van der Waals surface area contributed by atoms with Crippen molar-refractivity contribution < 1.29 is 14.0 Å². The molecule has 0 aliphatic rings. The number of furan rings is 1. The van der Waals surface area contributed by atoms with E-state index < -0.39 is 0 Å². The molecular weight excluding hydrogens is 300 g/mol. The molecule has 0 spiro atoms. The molecule has 5 nitrogen and oxygen atoms in total. The van der Waals surface area contributed by atoms with Crippen LogP contribution in [-0.2, 0) is 4.79 Å². The van der Waals surface area contributed by atoms with Gasteiger partial charge >= 0.3 is 0 Å². The Bertz CT molecular complexity index is 677. The fourth-order valence-electron chi connectivity index (χ4n) is 1.87. The van der Waals surface area contributed by atoms with E-state index in [9.17, 15) is 9.59 Å². The van der Waals surface area contributed by atoms with Crippen LogP contribution in [0.4, 0.5) is 0 Å². The molecule has 0 bridgehead atoms. The average molecular weight is 318 g/mol. The van der Waals surface area contributed by atoms with E-state index in [2.05, 4.69) is 10.9 Å². The van der Waals surface area contributed by atoms with Crippen LogP contribution in [0.2, 0.25) is 0 Å². The highest BCUT2D eigenvalue weighted by molar-refractivity contribution is 8.00. The fourth-order valence-corrected chi connectivity index (χ4v) is 2.57. The summed E-state index contributed by atoms with van der Waals surface area (Å²) in [5, 5.41) is 0. The molecular formula is C16H18N2O3S. The van der Waals surface area contributed by atoms with Crippen molar-refractivity contribution in [1.82, 2.24) is 10.9 Å². The highest BCUT2D eigenvalue weighted by Crippen LogP contribution is 2.17. The van der Waals surface area contributed by atoms with Gasteiger partial charge in [0.1, 0.15) is 11.5 Å². The standard InChI is InChI=1S/C16H18N2O3S/c1-10-4-6-13(7-5-10)22-9-15(19)17-18-16(20)14-8-11(2)21-12(14)3/h4-8H,9H2,1-3H3,(H,17,19)(H,18,20). The molecule has 0 atom stereocenters. The molecule has 2 amide bonds. The van der Waals surface area contributed by atoms with E-state index in [0.717, 1.165) is 4.90 Å². The van der Waals surface area contributed by atoms with E-state index >= 15 is 0 Å². The summed E-state index contributed by atoms with van der Waals surface area (Å²) in [6.07, 6.45) is 0. The minimum atomic E-state index is -0.386. The monoisotopic (exact) mass is 318 g/mol. The minimum absolute atomic E-state index is 0.229. The van der Waals surface area contributed by atoms with Gasteiger partial charge in [-0.1, -0.05) is 17.7 Å². The molecule has 0 unspecified atom stereocenters. The van der Waals surface area contributed by atoms with Gasteiger partial charge in [-0.3, -0.25) is 20.4 Å². The number of hydrogen-bond acceptors (Lipinski definition) is 4. The van der Waals surface area contributed by atoms with Crippen molar-refractivity contribution in [3.8, 4) is 0 Å². The van der Waals surface area contributed by atoms with E-state index in [0.29, 0.717) is 17.1 Å². The van der Waals surface area contributed by atoms with Gasteiger partial charge in [0.2, 0.25) is 5.91 Å². The Morgan fingerprint density at radius 2 is 1.77 bits per heavy atom. The van der Waals surface area contributed by atoms with E-state index in [4.69, 9.17) is 4.42 Å². The number of hydrazine groups is 1. The highest BCUT2D eigenvalue weighted by atomic mass is 32.2. The number of hydrogen-bond donors (Lipinski definition) is 2. The molecule has 1 aromatic carbocycles. The second-order valence-electron chi connectivity index (χ2n) is 4.93. The van der Waals surface area contributed by atoms with Gasteiger partial charge in [-0.15, -0.1) is 11.8 Å². The number of aryl methyl sites for hydroxylation is 3. The van der Waals surface area contributed by atoms with Crippen LogP contribution in [0.3, 0.4) is 0 Å². The molecule has 2 N–H and O–H groups in total. The molecule has 2 aromatic rings. The largest absolute Gasteiger partial charge is 0.466 e. The fraction of sp³-hybridized carbons (Fsp3) is 0.250. The lowest BCUT2D eigenvalue weighted by molar-refractivity contribution is -0.119. The van der Waals surface area contributed by atoms with Crippen LogP contribution in [0.15, 0.2) is 39.6 Å². The predicted octanol–water partition coefficient (Wildman–Crippen LogP) is 2.76. The van der Waals surface area contributed by atoms with E-state index in [1.807, 2.05) is 31.2 Å². The van der Waals surface area contributed by atoms with Crippen LogP contribution in [0.5, 0.6) is 0 Å². The Labute approximate surface area is 133 Å². The number of rotatable bonds is 4. The van der Waals surface area contributed by atoms with E-state index in [1.54, 1.807) is 19.9 Å². The zero-order valence-electron chi connectivity index (χ0n) is 12.7. The number of nitrogens with one attached hydrogen (secondary N) is 2. The van der Waals surface area contributed by atoms with Gasteiger partial charge in [0.15, 0.2) is 0 Å². The lowest BCUT2D eigenvalue weighted by Gasteiger charge is -2.06. The van der Waals surface area contributed by atoms with E-state index in [-0.39, 0.29) is 17.6 Å². The maximum Gasteiger partial charge on any atom is 0.273 e. The van der Waals surface area contributed by atoms with Gasteiger partial charge in [-0.25, -0.2) is 0 Å². The average Bonchev–Trinajstić information content (AvgIpc) is 2.83. The first-order valence-corrected chi connectivity index (χ1v) is 7.80. The van der Waals surface area contributed by atoms with Crippen molar-refractivity contribution in [1.29, 1.82) is 0 Å². The summed E-state index contributed by atoms with van der Waals surface area (Å²) >= 11 is 1.41. The second-order valence-corrected chi connectivity index (χ2v) is 5.98. The summed E-state index contributed by atoms with van der Waals surface area (Å²) in [5.74, 6) is 0.759. The van der Waals surface area contributed by atoms with E-state index in [1.165, 1.54) is 17.3 Å². The molecule has 0 fully saturated rings. The zero-order chi connectivity index (χ0) is 16.1. The maximum atomic E-state index is 11.9. The summed E-state index contributed by atoms with van der Waals surface area (Å²) in [6.45, 7) is 5.48. The molecule has 0 saturated carbocycles. The smallest absolute Gasteiger partial charge is 0.273 e. The summed E-state index contributed by atoms with van der Waals surface area (Å²) in [6, 6.07) is 9.54. The second kappa shape index (κ2) is 7.17. The first-order valence-electron chi connectivity index (χ1n) is 6.81. The number of carbonyl (C=O) groups is 2. The van der Waals surface area contributed by atoms with Crippen molar-refractivity contribution in [3.05, 3.63) is 53.0 Å². The zero-order valence-corrected chi connectivity index (χ0v) is 13.5. The Balaban J connectivity index is 1.79. The SMILES string of the molecule is Cc1ccc(SCC(=O)NNC(=O)c2cc(C)oc2C)cc1. The predicted molar refractivity (Wildman–Crippen MR) is 85.7 cm³/mol. The van der Waals surface area contributed by atoms with Crippen LogP contribution in [0.25, 0.3) is 0 Å². The van der Waals surface area contributed by atoms with Crippen LogP contribution in [0, 0.1) is 20.8 Å². The van der Waals surface area contributed by atoms with Crippen molar-refractivity contribution in [2.75, 3.05) is 5.75 Å². The molecule has 0 aliphatic carbocycles. The molecule has 1 aromatic heterocycles. The number of carbonyl (C=O) groups excluding carboxylic acids is 2. The van der Waals surface area contributed by atoms with Crippen molar-refractivity contribution >= 4 is 23.6 Å². The molecule has 116 valence electrons. The first kappa shape index (κ1) is 16.2. The lowest BCUT2D eigenvalue weighted by Crippen LogP contribution is -2.42. The minimum Gasteiger partial charge on any atom is -0.466 e. The van der Waals surface area contributed by atoms with Gasteiger partial charge in [0.25, 0.3) is 5.91 Å². The van der Waals surface area contributed by atoms with Crippen LogP contribution >= 0.6 is 11.8 Å². The number of thioether (sulfide) groups is 1. The number of amides is 2. The summed E-state index contributed by atoms with van der Waals surface area (Å²) in [4.78, 5) is 24.6. The quantitative estimate of drug-likeness (QED) is 0.672. The summed E-state index contributed by atoms with van der Waals surface area (Å²) in [5.41, 5.74) is 6.38. The molecule has 2 rings (SSSR count). The normalized spacial score (nSPS) is 10.3. The first-order chi connectivity index (χ1) is 10.5. The third-order valence-electron chi connectivity index (χ3n) is 2.99. The molecule has 6 heteroatoms. The van der Waals surface area contributed by atoms with Crippen LogP contribution < -0.4 is 10.9 Å².